The Hall–Kier alpha value is -0.570. The molecule has 84 valence electrons. The summed E-state index contributed by atoms with van der Waals surface area (Å²) in [5, 5.41) is 5.99. The Kier molecular flexibility index (Phi) is 7.48. The van der Waals surface area contributed by atoms with Crippen LogP contribution in [0, 0.1) is 5.92 Å². The van der Waals surface area contributed by atoms with Gasteiger partial charge in [0.2, 0.25) is 5.91 Å². The van der Waals surface area contributed by atoms with Crippen LogP contribution in [0.15, 0.2) is 0 Å². The van der Waals surface area contributed by atoms with E-state index in [4.69, 9.17) is 0 Å². The summed E-state index contributed by atoms with van der Waals surface area (Å²) in [6.07, 6.45) is 2.24. The molecule has 0 bridgehead atoms. The number of rotatable bonds is 7. The molecule has 2 unspecified atom stereocenters. The first kappa shape index (κ1) is 13.4. The lowest BCUT2D eigenvalue weighted by atomic mass is 10.0. The lowest BCUT2D eigenvalue weighted by molar-refractivity contribution is -0.120. The minimum Gasteiger partial charge on any atom is -0.353 e. The van der Waals surface area contributed by atoms with Crippen LogP contribution in [0.3, 0.4) is 0 Å². The summed E-state index contributed by atoms with van der Waals surface area (Å²) in [6, 6.07) is 0.288. The van der Waals surface area contributed by atoms with E-state index in [2.05, 4.69) is 31.4 Å². The number of carbonyl (C=O) groups excluding carboxylic acids is 1. The third kappa shape index (κ3) is 6.89. The molecule has 0 aromatic rings. The summed E-state index contributed by atoms with van der Waals surface area (Å²) in [7, 11) is 0. The second kappa shape index (κ2) is 7.80. The summed E-state index contributed by atoms with van der Waals surface area (Å²) in [4.78, 5) is 11.3. The molecule has 2 atom stereocenters. The van der Waals surface area contributed by atoms with Gasteiger partial charge in [-0.3, -0.25) is 4.79 Å². The average molecular weight is 200 g/mol. The first-order valence-corrected chi connectivity index (χ1v) is 5.60. The van der Waals surface area contributed by atoms with Gasteiger partial charge in [-0.05, 0) is 25.8 Å². The fraction of sp³-hybridized carbons (Fsp3) is 0.909. The molecule has 0 aromatic carbocycles. The molecule has 1 amide bonds. The van der Waals surface area contributed by atoms with Gasteiger partial charge in [0.25, 0.3) is 0 Å². The second-order valence-corrected chi connectivity index (χ2v) is 4.00. The normalized spacial score (nSPS) is 14.9. The Morgan fingerprint density at radius 3 is 2.43 bits per heavy atom. The Morgan fingerprint density at radius 2 is 1.93 bits per heavy atom. The van der Waals surface area contributed by atoms with E-state index in [-0.39, 0.29) is 11.9 Å². The topological polar surface area (TPSA) is 41.1 Å². The standard InChI is InChI=1S/C11H24N2O/c1-5-9(3)7-10(4)13-11(14)8-12-6-2/h9-10,12H,5-8H2,1-4H3,(H,13,14). The van der Waals surface area contributed by atoms with Crippen LogP contribution in [-0.2, 0) is 4.79 Å². The van der Waals surface area contributed by atoms with Gasteiger partial charge < -0.3 is 10.6 Å². The number of nitrogens with one attached hydrogen (secondary N) is 2. The molecule has 0 aliphatic heterocycles. The molecule has 0 rings (SSSR count). The lowest BCUT2D eigenvalue weighted by Gasteiger charge is -2.17. The monoisotopic (exact) mass is 200 g/mol. The Morgan fingerprint density at radius 1 is 1.29 bits per heavy atom. The largest absolute Gasteiger partial charge is 0.353 e. The van der Waals surface area contributed by atoms with E-state index in [1.54, 1.807) is 0 Å². The molecule has 3 heteroatoms. The molecule has 0 saturated heterocycles. The van der Waals surface area contributed by atoms with Crippen LogP contribution in [0.1, 0.15) is 40.5 Å². The van der Waals surface area contributed by atoms with E-state index < -0.39 is 0 Å². The van der Waals surface area contributed by atoms with Crippen molar-refractivity contribution in [2.24, 2.45) is 5.92 Å². The molecule has 0 heterocycles. The van der Waals surface area contributed by atoms with Crippen LogP contribution < -0.4 is 10.6 Å². The summed E-state index contributed by atoms with van der Waals surface area (Å²) in [5.41, 5.74) is 0. The number of likely N-dealkylation sites (N-methyl/N-ethyl adjacent to an activating group) is 1. The molecular formula is C11H24N2O. The van der Waals surface area contributed by atoms with Crippen molar-refractivity contribution in [3.8, 4) is 0 Å². The summed E-state index contributed by atoms with van der Waals surface area (Å²) < 4.78 is 0. The van der Waals surface area contributed by atoms with E-state index in [1.165, 1.54) is 6.42 Å². The number of carbonyl (C=O) groups is 1. The van der Waals surface area contributed by atoms with Gasteiger partial charge in [-0.1, -0.05) is 27.2 Å². The highest BCUT2D eigenvalue weighted by Gasteiger charge is 2.09. The van der Waals surface area contributed by atoms with E-state index in [0.717, 1.165) is 13.0 Å². The summed E-state index contributed by atoms with van der Waals surface area (Å²) in [6.45, 7) is 9.73. The third-order valence-corrected chi connectivity index (χ3v) is 2.40. The molecule has 0 fully saturated rings. The van der Waals surface area contributed by atoms with Crippen LogP contribution in [-0.4, -0.2) is 25.0 Å². The molecule has 14 heavy (non-hydrogen) atoms. The van der Waals surface area contributed by atoms with Gasteiger partial charge in [-0.15, -0.1) is 0 Å². The predicted octanol–water partition coefficient (Wildman–Crippen LogP) is 1.54. The van der Waals surface area contributed by atoms with Crippen molar-refractivity contribution in [2.75, 3.05) is 13.1 Å². The van der Waals surface area contributed by atoms with Crippen LogP contribution in [0.4, 0.5) is 0 Å². The highest BCUT2D eigenvalue weighted by molar-refractivity contribution is 5.78. The third-order valence-electron chi connectivity index (χ3n) is 2.40. The highest BCUT2D eigenvalue weighted by Crippen LogP contribution is 2.08. The van der Waals surface area contributed by atoms with Crippen molar-refractivity contribution in [1.82, 2.24) is 10.6 Å². The van der Waals surface area contributed by atoms with E-state index in [9.17, 15) is 4.79 Å². The quantitative estimate of drug-likeness (QED) is 0.654. The first-order valence-electron chi connectivity index (χ1n) is 5.60. The Balaban J connectivity index is 3.60. The van der Waals surface area contributed by atoms with Crippen LogP contribution >= 0.6 is 0 Å². The summed E-state index contributed by atoms with van der Waals surface area (Å²) >= 11 is 0. The van der Waals surface area contributed by atoms with Gasteiger partial charge in [0.05, 0.1) is 6.54 Å². The molecule has 0 saturated carbocycles. The molecule has 2 N–H and O–H groups in total. The second-order valence-electron chi connectivity index (χ2n) is 4.00. The van der Waals surface area contributed by atoms with Crippen LogP contribution in [0.5, 0.6) is 0 Å². The minimum atomic E-state index is 0.0997. The van der Waals surface area contributed by atoms with Gasteiger partial charge >= 0.3 is 0 Å². The van der Waals surface area contributed by atoms with E-state index >= 15 is 0 Å². The van der Waals surface area contributed by atoms with E-state index in [1.807, 2.05) is 6.92 Å². The molecule has 0 spiro atoms. The zero-order valence-electron chi connectivity index (χ0n) is 9.89. The fourth-order valence-electron chi connectivity index (χ4n) is 1.39. The van der Waals surface area contributed by atoms with Gasteiger partial charge in [-0.25, -0.2) is 0 Å². The maximum absolute atomic E-state index is 11.3. The molecule has 0 aliphatic carbocycles. The van der Waals surface area contributed by atoms with Crippen molar-refractivity contribution in [3.63, 3.8) is 0 Å². The minimum absolute atomic E-state index is 0.0997. The van der Waals surface area contributed by atoms with Gasteiger partial charge in [0.1, 0.15) is 0 Å². The lowest BCUT2D eigenvalue weighted by Crippen LogP contribution is -2.39. The number of hydrogen-bond donors (Lipinski definition) is 2. The number of amides is 1. The van der Waals surface area contributed by atoms with E-state index in [0.29, 0.717) is 12.5 Å². The van der Waals surface area contributed by atoms with Crippen molar-refractivity contribution in [1.29, 1.82) is 0 Å². The number of hydrogen-bond acceptors (Lipinski definition) is 2. The molecule has 0 radical (unpaired) electrons. The Labute approximate surface area is 87.6 Å². The van der Waals surface area contributed by atoms with Crippen molar-refractivity contribution < 1.29 is 4.79 Å². The Bertz CT molecular complexity index is 159. The maximum atomic E-state index is 11.3. The molecular weight excluding hydrogens is 176 g/mol. The molecule has 0 aliphatic rings. The van der Waals surface area contributed by atoms with Gasteiger partial charge in [0.15, 0.2) is 0 Å². The van der Waals surface area contributed by atoms with Crippen molar-refractivity contribution >= 4 is 5.91 Å². The SMILES string of the molecule is CCNCC(=O)NC(C)CC(C)CC. The predicted molar refractivity (Wildman–Crippen MR) is 60.2 cm³/mol. The molecule has 0 aromatic heterocycles. The van der Waals surface area contributed by atoms with Crippen LogP contribution in [0.2, 0.25) is 0 Å². The molecule has 3 nitrogen and oxygen atoms in total. The highest BCUT2D eigenvalue weighted by atomic mass is 16.1. The van der Waals surface area contributed by atoms with Gasteiger partial charge in [0, 0.05) is 6.04 Å². The van der Waals surface area contributed by atoms with Crippen molar-refractivity contribution in [3.05, 3.63) is 0 Å². The fourth-order valence-corrected chi connectivity index (χ4v) is 1.39. The van der Waals surface area contributed by atoms with Gasteiger partial charge in [-0.2, -0.15) is 0 Å². The maximum Gasteiger partial charge on any atom is 0.234 e. The summed E-state index contributed by atoms with van der Waals surface area (Å²) in [5.74, 6) is 0.784. The zero-order valence-corrected chi connectivity index (χ0v) is 9.89. The zero-order chi connectivity index (χ0) is 11.0. The smallest absolute Gasteiger partial charge is 0.234 e. The first-order chi connectivity index (χ1) is 6.60. The van der Waals surface area contributed by atoms with Crippen LogP contribution in [0.25, 0.3) is 0 Å². The average Bonchev–Trinajstić information content (AvgIpc) is 2.14. The van der Waals surface area contributed by atoms with Crippen molar-refractivity contribution in [2.45, 2.75) is 46.6 Å².